The van der Waals surface area contributed by atoms with Gasteiger partial charge in [0.1, 0.15) is 5.82 Å². The molecule has 1 aromatic carbocycles. The zero-order chi connectivity index (χ0) is 21.3. The molecule has 3 heterocycles. The van der Waals surface area contributed by atoms with E-state index in [9.17, 15) is 10.1 Å². The van der Waals surface area contributed by atoms with E-state index in [2.05, 4.69) is 30.7 Å². The molecule has 30 heavy (non-hydrogen) atoms. The number of pyridine rings is 1. The highest BCUT2D eigenvalue weighted by molar-refractivity contribution is 5.62. The molecule has 0 amide bonds. The van der Waals surface area contributed by atoms with E-state index in [0.29, 0.717) is 6.54 Å². The van der Waals surface area contributed by atoms with Crippen molar-refractivity contribution in [3.63, 3.8) is 0 Å². The van der Waals surface area contributed by atoms with Gasteiger partial charge in [0.05, 0.1) is 16.3 Å². The Morgan fingerprint density at radius 3 is 2.70 bits per heavy atom. The monoisotopic (exact) mass is 403 g/mol. The van der Waals surface area contributed by atoms with Crippen LogP contribution in [0, 0.1) is 10.1 Å². The molecule has 0 aliphatic carbocycles. The lowest BCUT2D eigenvalue weighted by atomic mass is 9.95. The maximum Gasteiger partial charge on any atom is 0.270 e. The second kappa shape index (κ2) is 7.91. The number of hydrogen-bond donors (Lipinski definition) is 0. The molecule has 0 radical (unpaired) electrons. The van der Waals surface area contributed by atoms with Gasteiger partial charge in [-0.2, -0.15) is 0 Å². The lowest BCUT2D eigenvalue weighted by Gasteiger charge is -2.29. The minimum absolute atomic E-state index is 0.0525. The van der Waals surface area contributed by atoms with Gasteiger partial charge in [0, 0.05) is 66.6 Å². The summed E-state index contributed by atoms with van der Waals surface area (Å²) in [5.74, 6) is 0.890. The normalized spacial score (nSPS) is 14.4. The summed E-state index contributed by atoms with van der Waals surface area (Å²) in [7, 11) is 0. The molecule has 7 heteroatoms. The average molecular weight is 403 g/mol. The number of rotatable bonds is 4. The number of nitro groups is 1. The van der Waals surface area contributed by atoms with Crippen molar-refractivity contribution in [3.05, 3.63) is 81.6 Å². The van der Waals surface area contributed by atoms with Crippen LogP contribution in [-0.4, -0.2) is 31.3 Å². The first kappa shape index (κ1) is 20.1. The average Bonchev–Trinajstić information content (AvgIpc) is 2.73. The first-order valence-corrected chi connectivity index (χ1v) is 10.1. The van der Waals surface area contributed by atoms with Crippen molar-refractivity contribution in [1.29, 1.82) is 0 Å². The first-order valence-electron chi connectivity index (χ1n) is 10.1. The summed E-state index contributed by atoms with van der Waals surface area (Å²) in [6, 6.07) is 12.4. The molecule has 0 spiro atoms. The molecule has 0 saturated carbocycles. The molecule has 0 N–H and O–H groups in total. The molecule has 154 valence electrons. The van der Waals surface area contributed by atoms with Crippen molar-refractivity contribution in [2.75, 3.05) is 6.54 Å². The van der Waals surface area contributed by atoms with E-state index in [1.807, 2.05) is 30.5 Å². The van der Waals surface area contributed by atoms with Crippen LogP contribution in [0.3, 0.4) is 0 Å². The Balaban J connectivity index is 1.50. The predicted molar refractivity (Wildman–Crippen MR) is 115 cm³/mol. The Morgan fingerprint density at radius 1 is 1.13 bits per heavy atom. The lowest BCUT2D eigenvalue weighted by molar-refractivity contribution is -0.384. The molecular weight excluding hydrogens is 378 g/mol. The van der Waals surface area contributed by atoms with E-state index in [-0.39, 0.29) is 16.0 Å². The smallest absolute Gasteiger partial charge is 0.270 e. The molecule has 3 aromatic rings. The standard InChI is InChI=1S/C23H25N5O2/c1-23(2,3)22-24-13-17-14-27(11-10-21(17)26-22)15-18-7-5-9-20(25-18)16-6-4-8-19(12-16)28(29)30/h4-9,12-13H,10-11,14-15H2,1-3H3. The molecule has 0 fully saturated rings. The van der Waals surface area contributed by atoms with Crippen molar-refractivity contribution in [1.82, 2.24) is 19.9 Å². The fourth-order valence-electron chi connectivity index (χ4n) is 3.61. The third-order valence-corrected chi connectivity index (χ3v) is 5.23. The molecule has 2 aromatic heterocycles. The van der Waals surface area contributed by atoms with Crippen LogP contribution in [0.25, 0.3) is 11.3 Å². The number of benzene rings is 1. The van der Waals surface area contributed by atoms with E-state index in [0.717, 1.165) is 48.0 Å². The van der Waals surface area contributed by atoms with Gasteiger partial charge in [-0.1, -0.05) is 39.0 Å². The van der Waals surface area contributed by atoms with Crippen LogP contribution < -0.4 is 0 Å². The number of fused-ring (bicyclic) bond motifs is 1. The highest BCUT2D eigenvalue weighted by Gasteiger charge is 2.23. The van der Waals surface area contributed by atoms with Gasteiger partial charge < -0.3 is 0 Å². The number of nitrogens with zero attached hydrogens (tertiary/aromatic N) is 5. The van der Waals surface area contributed by atoms with Crippen molar-refractivity contribution in [2.45, 2.75) is 45.7 Å². The van der Waals surface area contributed by atoms with Crippen LogP contribution in [0.2, 0.25) is 0 Å². The third-order valence-electron chi connectivity index (χ3n) is 5.23. The molecule has 0 unspecified atom stereocenters. The molecule has 0 atom stereocenters. The lowest BCUT2D eigenvalue weighted by Crippen LogP contribution is -2.32. The van der Waals surface area contributed by atoms with Gasteiger partial charge in [-0.25, -0.2) is 9.97 Å². The summed E-state index contributed by atoms with van der Waals surface area (Å²) in [5, 5.41) is 11.1. The van der Waals surface area contributed by atoms with Crippen molar-refractivity contribution >= 4 is 5.69 Å². The van der Waals surface area contributed by atoms with Gasteiger partial charge in [-0.05, 0) is 12.1 Å². The van der Waals surface area contributed by atoms with Crippen molar-refractivity contribution in [3.8, 4) is 11.3 Å². The van der Waals surface area contributed by atoms with Gasteiger partial charge in [-0.3, -0.25) is 20.0 Å². The van der Waals surface area contributed by atoms with Gasteiger partial charge in [-0.15, -0.1) is 0 Å². The highest BCUT2D eigenvalue weighted by Crippen LogP contribution is 2.25. The van der Waals surface area contributed by atoms with Crippen LogP contribution >= 0.6 is 0 Å². The van der Waals surface area contributed by atoms with Crippen molar-refractivity contribution < 1.29 is 4.92 Å². The van der Waals surface area contributed by atoms with Gasteiger partial charge in [0.2, 0.25) is 0 Å². The zero-order valence-electron chi connectivity index (χ0n) is 17.5. The fourth-order valence-corrected chi connectivity index (χ4v) is 3.61. The topological polar surface area (TPSA) is 85.0 Å². The maximum absolute atomic E-state index is 11.1. The van der Waals surface area contributed by atoms with E-state index in [1.165, 1.54) is 11.6 Å². The summed E-state index contributed by atoms with van der Waals surface area (Å²) in [4.78, 5) is 27.1. The van der Waals surface area contributed by atoms with E-state index >= 15 is 0 Å². The highest BCUT2D eigenvalue weighted by atomic mass is 16.6. The summed E-state index contributed by atoms with van der Waals surface area (Å²) < 4.78 is 0. The van der Waals surface area contributed by atoms with Crippen LogP contribution in [0.5, 0.6) is 0 Å². The third kappa shape index (κ3) is 4.36. The van der Waals surface area contributed by atoms with Gasteiger partial charge >= 0.3 is 0 Å². The minimum atomic E-state index is -0.383. The summed E-state index contributed by atoms with van der Waals surface area (Å²) in [6.45, 7) is 8.81. The van der Waals surface area contributed by atoms with Crippen LogP contribution in [-0.2, 0) is 24.9 Å². The van der Waals surface area contributed by atoms with E-state index in [4.69, 9.17) is 9.97 Å². The predicted octanol–water partition coefficient (Wildman–Crippen LogP) is 4.30. The summed E-state index contributed by atoms with van der Waals surface area (Å²) in [5.41, 5.74) is 4.76. The van der Waals surface area contributed by atoms with Gasteiger partial charge in [0.25, 0.3) is 5.69 Å². The second-order valence-electron chi connectivity index (χ2n) is 8.70. The number of aromatic nitrogens is 3. The van der Waals surface area contributed by atoms with E-state index in [1.54, 1.807) is 12.1 Å². The zero-order valence-corrected chi connectivity index (χ0v) is 17.5. The number of hydrogen-bond acceptors (Lipinski definition) is 6. The van der Waals surface area contributed by atoms with Crippen LogP contribution in [0.15, 0.2) is 48.7 Å². The Labute approximate surface area is 176 Å². The Bertz CT molecular complexity index is 1090. The Hall–Kier alpha value is -3.19. The Morgan fingerprint density at radius 2 is 1.93 bits per heavy atom. The molecule has 0 bridgehead atoms. The minimum Gasteiger partial charge on any atom is -0.293 e. The van der Waals surface area contributed by atoms with Gasteiger partial charge in [0.15, 0.2) is 0 Å². The van der Waals surface area contributed by atoms with Crippen molar-refractivity contribution in [2.24, 2.45) is 0 Å². The SMILES string of the molecule is CC(C)(C)c1ncc2c(n1)CCN(Cc1cccc(-c3cccc([N+](=O)[O-])c3)n1)C2. The quantitative estimate of drug-likeness (QED) is 0.477. The number of non-ortho nitro benzene ring substituents is 1. The first-order chi connectivity index (χ1) is 14.3. The Kier molecular flexibility index (Phi) is 5.30. The van der Waals surface area contributed by atoms with Crippen LogP contribution in [0.1, 0.15) is 43.5 Å². The summed E-state index contributed by atoms with van der Waals surface area (Å²) >= 11 is 0. The molecule has 0 saturated heterocycles. The second-order valence-corrected chi connectivity index (χ2v) is 8.70. The van der Waals surface area contributed by atoms with E-state index < -0.39 is 0 Å². The van der Waals surface area contributed by atoms with Crippen LogP contribution in [0.4, 0.5) is 5.69 Å². The number of nitro benzene ring substituents is 1. The fraction of sp³-hybridized carbons (Fsp3) is 0.348. The molecule has 7 nitrogen and oxygen atoms in total. The largest absolute Gasteiger partial charge is 0.293 e. The molecule has 1 aliphatic rings. The molecule has 4 rings (SSSR count). The molecule has 1 aliphatic heterocycles. The summed E-state index contributed by atoms with van der Waals surface area (Å²) in [6.07, 6.45) is 2.85. The molecular formula is C23H25N5O2. The maximum atomic E-state index is 11.1.